The van der Waals surface area contributed by atoms with Crippen LogP contribution in [0.25, 0.3) is 10.9 Å². The molecule has 4 amide bonds. The maximum Gasteiger partial charge on any atom is 0.262 e. The van der Waals surface area contributed by atoms with Crippen LogP contribution >= 0.6 is 0 Å². The van der Waals surface area contributed by atoms with Crippen LogP contribution in [0.2, 0.25) is 0 Å². The van der Waals surface area contributed by atoms with Gasteiger partial charge in [0.2, 0.25) is 11.8 Å². The van der Waals surface area contributed by atoms with E-state index in [1.807, 2.05) is 36.1 Å². The molecular formula is C45H47F4N7O4. The number of carbonyl (C=O) groups excluding carboxylic acids is 4. The monoisotopic (exact) mass is 825 g/mol. The Morgan fingerprint density at radius 3 is 2.20 bits per heavy atom. The first-order valence-corrected chi connectivity index (χ1v) is 21.1. The molecule has 6 aliphatic heterocycles. The van der Waals surface area contributed by atoms with Gasteiger partial charge in [0.15, 0.2) is 0 Å². The number of alkyl halides is 2. The molecule has 1 aromatic heterocycles. The Kier molecular flexibility index (Phi) is 9.83. The predicted octanol–water partition coefficient (Wildman–Crippen LogP) is 5.75. The van der Waals surface area contributed by atoms with Crippen LogP contribution in [0.4, 0.5) is 23.2 Å². The summed E-state index contributed by atoms with van der Waals surface area (Å²) in [4.78, 5) is 63.7. The molecule has 7 heterocycles. The Morgan fingerprint density at radius 2 is 1.53 bits per heavy atom. The van der Waals surface area contributed by atoms with E-state index in [0.29, 0.717) is 67.1 Å². The number of carbonyl (C=O) groups is 4. The van der Waals surface area contributed by atoms with Crippen molar-refractivity contribution >= 4 is 40.2 Å². The lowest BCUT2D eigenvalue weighted by Gasteiger charge is -2.41. The van der Waals surface area contributed by atoms with Crippen molar-refractivity contribution in [3.05, 3.63) is 99.2 Å². The molecule has 11 nitrogen and oxygen atoms in total. The molecule has 4 aromatic rings. The third-order valence-electron chi connectivity index (χ3n) is 14.0. The van der Waals surface area contributed by atoms with Gasteiger partial charge in [0, 0.05) is 85.6 Å². The molecule has 3 fully saturated rings. The molecule has 0 aliphatic carbocycles. The molecule has 3 unspecified atom stereocenters. The molecule has 0 bridgehead atoms. The number of imide groups is 2. The molecule has 15 heteroatoms. The summed E-state index contributed by atoms with van der Waals surface area (Å²) in [7, 11) is 0. The van der Waals surface area contributed by atoms with E-state index in [4.69, 9.17) is 0 Å². The number of amides is 4. The van der Waals surface area contributed by atoms with Crippen LogP contribution in [0.3, 0.4) is 0 Å². The number of H-pyrrole nitrogens is 1. The molecule has 60 heavy (non-hydrogen) atoms. The second kappa shape index (κ2) is 15.1. The molecule has 4 atom stereocenters. The average molecular weight is 826 g/mol. The van der Waals surface area contributed by atoms with E-state index in [-0.39, 0.29) is 24.4 Å². The topological polar surface area (TPSA) is 112 Å². The Morgan fingerprint density at radius 1 is 0.850 bits per heavy atom. The normalized spacial score (nSPS) is 25.5. The standard InChI is InChI=1S/C45H47F4N7O4/c1-24-14-31-30-4-2-3-5-36(30)50-41(31)42(55(24)23-38(48)49)40-34(46)17-29(18-35(40)47)53-12-8-25(9-13-53)19-52-11-10-28(22-52)54-20-26-15-32-33(16-27(26)21-54)45(60)56(44(32)59)37-6-7-39(57)51-43(37)58/h2-5,15-18,24-25,28,37-38,42,50H,6-14,19-23H2,1H3,(H,51,57,58)/t24?,28?,37?,42-/m1/s1. The first-order valence-electron chi connectivity index (χ1n) is 21.1. The van der Waals surface area contributed by atoms with Gasteiger partial charge in [0.1, 0.15) is 17.7 Å². The fourth-order valence-electron chi connectivity index (χ4n) is 10.9. The number of anilines is 1. The molecule has 0 spiro atoms. The highest BCUT2D eigenvalue weighted by Gasteiger charge is 2.46. The van der Waals surface area contributed by atoms with E-state index in [2.05, 4.69) is 20.1 Å². The van der Waals surface area contributed by atoms with Crippen molar-refractivity contribution in [2.24, 2.45) is 5.92 Å². The summed E-state index contributed by atoms with van der Waals surface area (Å²) >= 11 is 0. The molecule has 6 aliphatic rings. The molecule has 0 saturated carbocycles. The zero-order valence-electron chi connectivity index (χ0n) is 33.4. The lowest BCUT2D eigenvalue weighted by molar-refractivity contribution is -0.136. The van der Waals surface area contributed by atoms with Gasteiger partial charge >= 0.3 is 0 Å². The van der Waals surface area contributed by atoms with Crippen molar-refractivity contribution in [1.82, 2.24) is 29.9 Å². The molecular weight excluding hydrogens is 779 g/mol. The zero-order valence-corrected chi connectivity index (χ0v) is 33.4. The summed E-state index contributed by atoms with van der Waals surface area (Å²) in [5.74, 6) is -3.06. The largest absolute Gasteiger partial charge is 0.371 e. The van der Waals surface area contributed by atoms with Gasteiger partial charge in [0.05, 0.1) is 23.7 Å². The van der Waals surface area contributed by atoms with Gasteiger partial charge in [-0.2, -0.15) is 0 Å². The van der Waals surface area contributed by atoms with Gasteiger partial charge in [-0.15, -0.1) is 0 Å². The van der Waals surface area contributed by atoms with Gasteiger partial charge in [-0.3, -0.25) is 39.2 Å². The van der Waals surface area contributed by atoms with Crippen LogP contribution in [-0.2, 0) is 29.1 Å². The number of hydrogen-bond donors (Lipinski definition) is 2. The van der Waals surface area contributed by atoms with E-state index in [1.165, 1.54) is 17.0 Å². The number of benzene rings is 3. The van der Waals surface area contributed by atoms with Crippen molar-refractivity contribution in [2.75, 3.05) is 44.2 Å². The SMILES string of the molecule is CC1Cc2c([nH]c3ccccc23)[C@@H](c2c(F)cc(N3CCC(CN4CCC(N5Cc6cc7c(cc6C5)C(=O)N(C5CCC(=O)NC5=O)C7=O)C4)CC3)cc2F)N1CC(F)F. The lowest BCUT2D eigenvalue weighted by atomic mass is 9.88. The third-order valence-corrected chi connectivity index (χ3v) is 14.0. The predicted molar refractivity (Wildman–Crippen MR) is 215 cm³/mol. The molecule has 3 saturated heterocycles. The quantitative estimate of drug-likeness (QED) is 0.171. The van der Waals surface area contributed by atoms with E-state index in [9.17, 15) is 28.0 Å². The lowest BCUT2D eigenvalue weighted by Crippen LogP contribution is -2.54. The van der Waals surface area contributed by atoms with Crippen LogP contribution < -0.4 is 10.2 Å². The number of fused-ring (bicyclic) bond motifs is 5. The minimum atomic E-state index is -2.67. The molecule has 10 rings (SSSR count). The number of para-hydroxylation sites is 1. The number of halogens is 4. The Bertz CT molecular complexity index is 2360. The van der Waals surface area contributed by atoms with E-state index in [1.54, 1.807) is 12.1 Å². The molecule has 314 valence electrons. The van der Waals surface area contributed by atoms with Crippen molar-refractivity contribution in [3.8, 4) is 0 Å². The van der Waals surface area contributed by atoms with Gasteiger partial charge in [-0.05, 0) is 98.5 Å². The van der Waals surface area contributed by atoms with Crippen molar-refractivity contribution in [3.63, 3.8) is 0 Å². The highest BCUT2D eigenvalue weighted by molar-refractivity contribution is 6.23. The van der Waals surface area contributed by atoms with E-state index >= 15 is 8.78 Å². The highest BCUT2D eigenvalue weighted by atomic mass is 19.3. The third kappa shape index (κ3) is 6.69. The van der Waals surface area contributed by atoms with Crippen LogP contribution in [0, 0.1) is 17.6 Å². The first-order chi connectivity index (χ1) is 28.9. The summed E-state index contributed by atoms with van der Waals surface area (Å²) in [5, 5.41) is 3.18. The molecule has 3 aromatic carbocycles. The van der Waals surface area contributed by atoms with Gasteiger partial charge in [-0.1, -0.05) is 18.2 Å². The van der Waals surface area contributed by atoms with Gasteiger partial charge < -0.3 is 14.8 Å². The summed E-state index contributed by atoms with van der Waals surface area (Å²) in [6.07, 6.45) is 0.753. The van der Waals surface area contributed by atoms with Crippen molar-refractivity contribution < 1.29 is 36.7 Å². The minimum absolute atomic E-state index is 0.0770. The van der Waals surface area contributed by atoms with E-state index < -0.39 is 60.3 Å². The van der Waals surface area contributed by atoms with Crippen LogP contribution in [-0.4, -0.2) is 112 Å². The number of rotatable bonds is 8. The minimum Gasteiger partial charge on any atom is -0.371 e. The second-order valence-corrected chi connectivity index (χ2v) is 17.6. The Labute approximate surface area is 344 Å². The zero-order chi connectivity index (χ0) is 41.6. The van der Waals surface area contributed by atoms with Gasteiger partial charge in [0.25, 0.3) is 18.2 Å². The van der Waals surface area contributed by atoms with Crippen LogP contribution in [0.1, 0.15) is 93.7 Å². The van der Waals surface area contributed by atoms with E-state index in [0.717, 1.165) is 71.4 Å². The van der Waals surface area contributed by atoms with Crippen molar-refractivity contribution in [1.29, 1.82) is 0 Å². The maximum atomic E-state index is 16.3. The van der Waals surface area contributed by atoms with Crippen LogP contribution in [0.5, 0.6) is 0 Å². The number of aromatic amines is 1. The van der Waals surface area contributed by atoms with Crippen molar-refractivity contribution in [2.45, 2.75) is 89.1 Å². The smallest absolute Gasteiger partial charge is 0.262 e. The average Bonchev–Trinajstić information content (AvgIpc) is 3.99. The Hall–Kier alpha value is -5.12. The van der Waals surface area contributed by atoms with Gasteiger partial charge in [-0.25, -0.2) is 17.6 Å². The number of aromatic nitrogens is 1. The fraction of sp³-hybridized carbons (Fsp3) is 0.467. The second-order valence-electron chi connectivity index (χ2n) is 17.6. The maximum absolute atomic E-state index is 16.3. The summed E-state index contributed by atoms with van der Waals surface area (Å²) in [5.41, 5.74) is 5.18. The summed E-state index contributed by atoms with van der Waals surface area (Å²) in [6.45, 7) is 6.63. The number of hydrogen-bond acceptors (Lipinski definition) is 8. The number of piperidine rings is 2. The van der Waals surface area contributed by atoms with Crippen LogP contribution in [0.15, 0.2) is 48.5 Å². The fourth-order valence-corrected chi connectivity index (χ4v) is 10.9. The molecule has 0 radical (unpaired) electrons. The summed E-state index contributed by atoms with van der Waals surface area (Å²) in [6, 6.07) is 11.9. The number of nitrogens with one attached hydrogen (secondary N) is 2. The molecule has 2 N–H and O–H groups in total. The first kappa shape index (κ1) is 39.0. The highest BCUT2D eigenvalue weighted by Crippen LogP contribution is 2.44. The Balaban J connectivity index is 0.764. The summed E-state index contributed by atoms with van der Waals surface area (Å²) < 4.78 is 60.4. The number of nitrogens with zero attached hydrogens (tertiary/aromatic N) is 5. The number of likely N-dealkylation sites (tertiary alicyclic amines) is 1.